The van der Waals surface area contributed by atoms with Crippen LogP contribution in [-0.2, 0) is 0 Å². The van der Waals surface area contributed by atoms with Crippen molar-refractivity contribution < 1.29 is 9.90 Å². The van der Waals surface area contributed by atoms with Gasteiger partial charge in [-0.3, -0.25) is 4.79 Å². The van der Waals surface area contributed by atoms with Gasteiger partial charge in [0.05, 0.1) is 0 Å². The van der Waals surface area contributed by atoms with E-state index in [1.165, 1.54) is 6.42 Å². The molecule has 0 bridgehead atoms. The second kappa shape index (κ2) is 4.85. The number of likely N-dealkylation sites (tertiary alicyclic amines) is 1. The minimum absolute atomic E-state index is 0.0497. The summed E-state index contributed by atoms with van der Waals surface area (Å²) < 4.78 is 0. The van der Waals surface area contributed by atoms with Crippen LogP contribution in [0.5, 0.6) is 5.75 Å². The Bertz CT molecular complexity index is 501. The molecule has 2 fully saturated rings. The molecule has 0 aliphatic carbocycles. The van der Waals surface area contributed by atoms with Gasteiger partial charge in [0.25, 0.3) is 5.91 Å². The molecular weight excluding hydrogens is 240 g/mol. The average molecular weight is 260 g/mol. The molecule has 2 saturated heterocycles. The number of carbonyl (C=O) groups is 1. The number of piperidine rings is 1. The molecular formula is C15H20N2O2. The number of amides is 1. The summed E-state index contributed by atoms with van der Waals surface area (Å²) in [5, 5.41) is 13.1. The van der Waals surface area contributed by atoms with Crippen LogP contribution in [0, 0.1) is 12.8 Å². The second-order valence-corrected chi connectivity index (χ2v) is 5.63. The zero-order valence-corrected chi connectivity index (χ0v) is 11.2. The van der Waals surface area contributed by atoms with Gasteiger partial charge in [-0.2, -0.15) is 0 Å². The SMILES string of the molecule is Cc1ccc(C(=O)N2CCCC3CNCC32)cc1O. The summed E-state index contributed by atoms with van der Waals surface area (Å²) in [5.41, 5.74) is 1.39. The smallest absolute Gasteiger partial charge is 0.254 e. The van der Waals surface area contributed by atoms with Crippen LogP contribution in [-0.4, -0.2) is 41.6 Å². The molecule has 2 aliphatic heterocycles. The number of hydrogen-bond donors (Lipinski definition) is 2. The van der Waals surface area contributed by atoms with E-state index in [0.29, 0.717) is 17.5 Å². The standard InChI is InChI=1S/C15H20N2O2/c1-10-4-5-11(7-14(10)18)15(19)17-6-2-3-12-8-16-9-13(12)17/h4-5,7,12-13,16,18H,2-3,6,8-9H2,1H3. The first kappa shape index (κ1) is 12.5. The largest absolute Gasteiger partial charge is 0.508 e. The summed E-state index contributed by atoms with van der Waals surface area (Å²) in [6.07, 6.45) is 2.28. The predicted molar refractivity (Wildman–Crippen MR) is 73.3 cm³/mol. The number of carbonyl (C=O) groups excluding carboxylic acids is 1. The number of nitrogens with zero attached hydrogens (tertiary/aromatic N) is 1. The molecule has 2 unspecified atom stereocenters. The number of benzene rings is 1. The van der Waals surface area contributed by atoms with Gasteiger partial charge in [-0.25, -0.2) is 0 Å². The second-order valence-electron chi connectivity index (χ2n) is 5.63. The van der Waals surface area contributed by atoms with Crippen molar-refractivity contribution in [2.75, 3.05) is 19.6 Å². The van der Waals surface area contributed by atoms with Gasteiger partial charge in [0.15, 0.2) is 0 Å². The topological polar surface area (TPSA) is 52.6 Å². The highest BCUT2D eigenvalue weighted by Crippen LogP contribution is 2.28. The van der Waals surface area contributed by atoms with Gasteiger partial charge in [0.1, 0.15) is 5.75 Å². The molecule has 1 aromatic rings. The minimum Gasteiger partial charge on any atom is -0.508 e. The highest BCUT2D eigenvalue weighted by Gasteiger charge is 2.37. The number of phenolic OH excluding ortho intramolecular Hbond substituents is 1. The lowest BCUT2D eigenvalue weighted by Gasteiger charge is -2.37. The highest BCUT2D eigenvalue weighted by atomic mass is 16.3. The third kappa shape index (κ3) is 2.21. The normalized spacial score (nSPS) is 26.3. The number of aromatic hydroxyl groups is 1. The lowest BCUT2D eigenvalue weighted by atomic mass is 9.91. The molecule has 1 amide bonds. The molecule has 0 aromatic heterocycles. The monoisotopic (exact) mass is 260 g/mol. The maximum Gasteiger partial charge on any atom is 0.254 e. The summed E-state index contributed by atoms with van der Waals surface area (Å²) >= 11 is 0. The van der Waals surface area contributed by atoms with Gasteiger partial charge in [-0.1, -0.05) is 6.07 Å². The first-order valence-corrected chi connectivity index (χ1v) is 6.98. The molecule has 2 N–H and O–H groups in total. The predicted octanol–water partition coefficient (Wildman–Crippen LogP) is 1.52. The van der Waals surface area contributed by atoms with Crippen molar-refractivity contribution in [1.29, 1.82) is 0 Å². The molecule has 3 rings (SSSR count). The van der Waals surface area contributed by atoms with Crippen LogP contribution in [0.3, 0.4) is 0 Å². The van der Waals surface area contributed by atoms with E-state index in [-0.39, 0.29) is 11.7 Å². The van der Waals surface area contributed by atoms with Crippen molar-refractivity contribution in [3.8, 4) is 5.75 Å². The van der Waals surface area contributed by atoms with Crippen molar-refractivity contribution in [1.82, 2.24) is 10.2 Å². The van der Waals surface area contributed by atoms with Crippen LogP contribution < -0.4 is 5.32 Å². The van der Waals surface area contributed by atoms with E-state index < -0.39 is 0 Å². The van der Waals surface area contributed by atoms with Crippen molar-refractivity contribution >= 4 is 5.91 Å². The molecule has 102 valence electrons. The van der Waals surface area contributed by atoms with Crippen LogP contribution in [0.2, 0.25) is 0 Å². The fourth-order valence-electron chi connectivity index (χ4n) is 3.23. The average Bonchev–Trinajstić information content (AvgIpc) is 2.89. The van der Waals surface area contributed by atoms with Gasteiger partial charge < -0.3 is 15.3 Å². The molecule has 4 nitrogen and oxygen atoms in total. The van der Waals surface area contributed by atoms with Crippen LogP contribution in [0.4, 0.5) is 0 Å². The van der Waals surface area contributed by atoms with Gasteiger partial charge in [0.2, 0.25) is 0 Å². The van der Waals surface area contributed by atoms with Crippen LogP contribution in [0.15, 0.2) is 18.2 Å². The van der Waals surface area contributed by atoms with Crippen LogP contribution in [0.1, 0.15) is 28.8 Å². The number of phenols is 1. The first-order valence-electron chi connectivity index (χ1n) is 6.98. The molecule has 1 aromatic carbocycles. The fraction of sp³-hybridized carbons (Fsp3) is 0.533. The molecule has 2 aliphatic rings. The summed E-state index contributed by atoms with van der Waals surface area (Å²) in [5.74, 6) is 0.842. The molecule has 2 heterocycles. The van der Waals surface area contributed by atoms with Gasteiger partial charge in [-0.05, 0) is 43.4 Å². The number of nitrogens with one attached hydrogen (secondary N) is 1. The lowest BCUT2D eigenvalue weighted by molar-refractivity contribution is 0.0574. The van der Waals surface area contributed by atoms with Crippen molar-refractivity contribution in [2.45, 2.75) is 25.8 Å². The third-order valence-electron chi connectivity index (χ3n) is 4.40. The van der Waals surface area contributed by atoms with E-state index in [0.717, 1.165) is 31.6 Å². The van der Waals surface area contributed by atoms with Gasteiger partial charge >= 0.3 is 0 Å². The maximum absolute atomic E-state index is 12.6. The number of rotatable bonds is 1. The molecule has 19 heavy (non-hydrogen) atoms. The number of fused-ring (bicyclic) bond motifs is 1. The van der Waals surface area contributed by atoms with Gasteiger partial charge in [-0.15, -0.1) is 0 Å². The van der Waals surface area contributed by atoms with Gasteiger partial charge in [0, 0.05) is 31.2 Å². The Morgan fingerprint density at radius 1 is 1.42 bits per heavy atom. The maximum atomic E-state index is 12.6. The fourth-order valence-corrected chi connectivity index (χ4v) is 3.23. The van der Waals surface area contributed by atoms with Crippen molar-refractivity contribution in [3.63, 3.8) is 0 Å². The minimum atomic E-state index is 0.0497. The zero-order chi connectivity index (χ0) is 13.4. The first-order chi connectivity index (χ1) is 9.16. The lowest BCUT2D eigenvalue weighted by Crippen LogP contribution is -2.48. The van der Waals surface area contributed by atoms with E-state index in [4.69, 9.17) is 0 Å². The Balaban J connectivity index is 1.84. The number of aryl methyl sites for hydroxylation is 1. The Morgan fingerprint density at radius 3 is 3.05 bits per heavy atom. The summed E-state index contributed by atoms with van der Waals surface area (Å²) in [4.78, 5) is 14.6. The van der Waals surface area contributed by atoms with E-state index in [1.54, 1.807) is 12.1 Å². The molecule has 4 heteroatoms. The number of hydrogen-bond acceptors (Lipinski definition) is 3. The van der Waals surface area contributed by atoms with E-state index in [2.05, 4.69) is 5.32 Å². The molecule has 0 radical (unpaired) electrons. The Hall–Kier alpha value is -1.55. The zero-order valence-electron chi connectivity index (χ0n) is 11.2. The molecule has 2 atom stereocenters. The van der Waals surface area contributed by atoms with Crippen LogP contribution >= 0.6 is 0 Å². The molecule has 0 saturated carbocycles. The Morgan fingerprint density at radius 2 is 2.26 bits per heavy atom. The summed E-state index contributed by atoms with van der Waals surface area (Å²) in [6.45, 7) is 4.58. The Kier molecular flexibility index (Phi) is 3.19. The molecule has 0 spiro atoms. The quantitative estimate of drug-likeness (QED) is 0.805. The Labute approximate surface area is 113 Å². The van der Waals surface area contributed by atoms with Crippen molar-refractivity contribution in [3.05, 3.63) is 29.3 Å². The van der Waals surface area contributed by atoms with E-state index >= 15 is 0 Å². The summed E-state index contributed by atoms with van der Waals surface area (Å²) in [7, 11) is 0. The third-order valence-corrected chi connectivity index (χ3v) is 4.40. The van der Waals surface area contributed by atoms with E-state index in [9.17, 15) is 9.90 Å². The van der Waals surface area contributed by atoms with E-state index in [1.807, 2.05) is 17.9 Å². The van der Waals surface area contributed by atoms with Crippen molar-refractivity contribution in [2.24, 2.45) is 5.92 Å². The van der Waals surface area contributed by atoms with Crippen LogP contribution in [0.25, 0.3) is 0 Å². The summed E-state index contributed by atoms with van der Waals surface area (Å²) in [6, 6.07) is 5.52. The highest BCUT2D eigenvalue weighted by molar-refractivity contribution is 5.95.